The molecule has 4 heterocycles. The van der Waals surface area contributed by atoms with Crippen LogP contribution in [0.1, 0.15) is 90.9 Å². The van der Waals surface area contributed by atoms with Crippen molar-refractivity contribution in [3.05, 3.63) is 0 Å². The van der Waals surface area contributed by atoms with E-state index in [1.54, 1.807) is 0 Å². The average Bonchev–Trinajstić information content (AvgIpc) is 3.48. The van der Waals surface area contributed by atoms with E-state index in [-0.39, 0.29) is 55.1 Å². The molecule has 4 aliphatic rings. The van der Waals surface area contributed by atoms with Gasteiger partial charge in [-0.1, -0.05) is 18.8 Å². The van der Waals surface area contributed by atoms with Crippen molar-refractivity contribution in [1.29, 1.82) is 0 Å². The van der Waals surface area contributed by atoms with E-state index in [9.17, 15) is 25.2 Å². The van der Waals surface area contributed by atoms with E-state index in [0.717, 1.165) is 77.5 Å². The SMILES string of the molecule is C[C@@H]1N[C@H](CCCC[C@H]2C#CC[C@@H]3C[C@](C)(CCN3)NC[C@](O)(CC(=O)O)CC[C@H](CO)C2)[C@H]([NH+]2CC=NC2)C[C@H]1O. The molecule has 0 aliphatic carbocycles. The Morgan fingerprint density at radius 3 is 2.76 bits per heavy atom. The van der Waals surface area contributed by atoms with Crippen LogP contribution < -0.4 is 20.9 Å². The largest absolute Gasteiger partial charge is 0.481 e. The fourth-order valence-corrected chi connectivity index (χ4v) is 7.59. The maximum absolute atomic E-state index is 11.6. The summed E-state index contributed by atoms with van der Waals surface area (Å²) < 4.78 is 0. The topological polar surface area (TPSA) is 151 Å². The molecule has 0 amide bonds. The summed E-state index contributed by atoms with van der Waals surface area (Å²) in [4.78, 5) is 17.5. The van der Waals surface area contributed by atoms with E-state index in [1.807, 2.05) is 6.21 Å². The van der Waals surface area contributed by atoms with E-state index in [0.29, 0.717) is 24.9 Å². The smallest absolute Gasteiger partial charge is 0.306 e. The number of aliphatic hydroxyl groups excluding tert-OH is 2. The molecule has 2 saturated heterocycles. The van der Waals surface area contributed by atoms with Crippen LogP contribution in [0, 0.1) is 23.7 Å². The van der Waals surface area contributed by atoms with E-state index >= 15 is 0 Å². The second kappa shape index (κ2) is 15.4. The van der Waals surface area contributed by atoms with E-state index in [2.05, 4.69) is 46.6 Å². The van der Waals surface area contributed by atoms with Gasteiger partial charge in [0, 0.05) is 49.5 Å². The highest BCUT2D eigenvalue weighted by Crippen LogP contribution is 2.29. The van der Waals surface area contributed by atoms with Crippen molar-refractivity contribution < 1.29 is 30.1 Å². The Hall–Kier alpha value is -1.58. The number of hydrogen-bond acceptors (Lipinski definition) is 8. The predicted molar refractivity (Wildman–Crippen MR) is 163 cm³/mol. The number of piperidine rings is 2. The maximum Gasteiger partial charge on any atom is 0.306 e. The van der Waals surface area contributed by atoms with Crippen molar-refractivity contribution in [1.82, 2.24) is 16.0 Å². The van der Waals surface area contributed by atoms with Crippen molar-refractivity contribution in [3.8, 4) is 11.8 Å². The minimum Gasteiger partial charge on any atom is -0.481 e. The van der Waals surface area contributed by atoms with Crippen LogP contribution in [0.3, 0.4) is 0 Å². The minimum absolute atomic E-state index is 0.00519. The molecule has 0 aromatic carbocycles. The molecule has 2 fully saturated rings. The second-order valence-electron chi connectivity index (χ2n) is 14.0. The first kappa shape index (κ1) is 33.3. The van der Waals surface area contributed by atoms with Gasteiger partial charge in [-0.05, 0) is 71.3 Å². The summed E-state index contributed by atoms with van der Waals surface area (Å²) in [5.74, 6) is 6.16. The summed E-state index contributed by atoms with van der Waals surface area (Å²) in [7, 11) is 0. The Morgan fingerprint density at radius 1 is 1.21 bits per heavy atom. The first-order valence-corrected chi connectivity index (χ1v) is 16.4. The summed E-state index contributed by atoms with van der Waals surface area (Å²) in [6, 6.07) is 1.05. The zero-order valence-electron chi connectivity index (χ0n) is 25.8. The molecule has 4 aliphatic heterocycles. The van der Waals surface area contributed by atoms with Crippen LogP contribution in [-0.4, -0.2) is 107 Å². The predicted octanol–water partition coefficient (Wildman–Crippen LogP) is 0.0617. The van der Waals surface area contributed by atoms with Gasteiger partial charge in [-0.3, -0.25) is 4.79 Å². The molecule has 238 valence electrons. The van der Waals surface area contributed by atoms with Crippen molar-refractivity contribution in [2.45, 2.75) is 132 Å². The Labute approximate surface area is 252 Å². The van der Waals surface area contributed by atoms with Crippen LogP contribution in [0.5, 0.6) is 0 Å². The molecule has 4 rings (SSSR count). The number of unbranched alkanes of at least 4 members (excludes halogenated alkanes) is 1. The fraction of sp³-hybridized carbons (Fsp3) is 0.875. The third-order valence-electron chi connectivity index (χ3n) is 10.3. The molecular weight excluding hydrogens is 534 g/mol. The molecule has 0 aromatic rings. The second-order valence-corrected chi connectivity index (χ2v) is 14.0. The highest BCUT2D eigenvalue weighted by atomic mass is 16.4. The van der Waals surface area contributed by atoms with Gasteiger partial charge in [0.15, 0.2) is 6.67 Å². The Bertz CT molecular complexity index is 963. The van der Waals surface area contributed by atoms with Gasteiger partial charge in [0.25, 0.3) is 0 Å². The van der Waals surface area contributed by atoms with Gasteiger partial charge in [-0.15, -0.1) is 5.92 Å². The number of aliphatic hydroxyl groups is 3. The molecule has 42 heavy (non-hydrogen) atoms. The summed E-state index contributed by atoms with van der Waals surface area (Å²) in [5, 5.41) is 52.5. The van der Waals surface area contributed by atoms with Gasteiger partial charge >= 0.3 is 5.97 Å². The van der Waals surface area contributed by atoms with Crippen LogP contribution in [0.25, 0.3) is 0 Å². The molecule has 1 unspecified atom stereocenters. The fourth-order valence-electron chi connectivity index (χ4n) is 7.59. The van der Waals surface area contributed by atoms with E-state index in [1.165, 1.54) is 4.90 Å². The maximum atomic E-state index is 11.6. The van der Waals surface area contributed by atoms with Gasteiger partial charge < -0.3 is 41.3 Å². The molecular formula is C32H56N5O5+. The molecule has 10 heteroatoms. The number of aliphatic carboxylic acids is 1. The molecule has 8 N–H and O–H groups in total. The van der Waals surface area contributed by atoms with Crippen LogP contribution in [0.15, 0.2) is 4.99 Å². The summed E-state index contributed by atoms with van der Waals surface area (Å²) in [5.41, 5.74) is -1.55. The number of carboxylic acids is 1. The number of carboxylic acid groups (broad SMARTS) is 1. The molecule has 10 atom stereocenters. The Balaban J connectivity index is 1.39. The number of rotatable bonds is 9. The van der Waals surface area contributed by atoms with Gasteiger partial charge in [0.1, 0.15) is 12.6 Å². The number of carbonyl (C=O) groups is 1. The standard InChI is InChI=1S/C32H55N5O5/c1-23-29(39)17-28(37-15-14-33-22-37)27(36-23)9-4-3-6-24-7-5-8-26-18-31(2,12-13-34-26)35-21-32(42,19-30(40)41)11-10-25(16-24)20-38/h14,23-29,34-36,38-39,42H,3-4,6,8-13,15-22H2,1-2H3,(H,40,41)/p+1/t23-,24-,25-,26+,27+,28+,29+,31-,32+/m0/s1. The van der Waals surface area contributed by atoms with Gasteiger partial charge in [-0.2, -0.15) is 0 Å². The number of hydrogen-bond donors (Lipinski definition) is 8. The molecule has 0 spiro atoms. The van der Waals surface area contributed by atoms with Crippen molar-refractivity contribution in [2.75, 3.05) is 32.9 Å². The monoisotopic (exact) mass is 590 g/mol. The van der Waals surface area contributed by atoms with Gasteiger partial charge in [0.05, 0.1) is 30.4 Å². The highest BCUT2D eigenvalue weighted by molar-refractivity contribution is 5.68. The number of aliphatic imine (C=N–C) groups is 1. The molecule has 0 saturated carbocycles. The van der Waals surface area contributed by atoms with E-state index < -0.39 is 11.6 Å². The number of nitrogens with zero attached hydrogens (tertiary/aromatic N) is 1. The van der Waals surface area contributed by atoms with Crippen molar-refractivity contribution in [2.24, 2.45) is 16.8 Å². The zero-order valence-corrected chi connectivity index (χ0v) is 25.8. The number of β-amino-alcohol motifs (C(OH)–C–C–N with tert-alkyl or cyclic N) is 1. The van der Waals surface area contributed by atoms with Crippen LogP contribution >= 0.6 is 0 Å². The Kier molecular flexibility index (Phi) is 12.2. The highest BCUT2D eigenvalue weighted by Gasteiger charge is 2.40. The van der Waals surface area contributed by atoms with Crippen LogP contribution in [-0.2, 0) is 4.79 Å². The average molecular weight is 591 g/mol. The first-order valence-electron chi connectivity index (χ1n) is 16.4. The molecule has 0 aromatic heterocycles. The van der Waals surface area contributed by atoms with Gasteiger partial charge in [0.2, 0.25) is 0 Å². The van der Waals surface area contributed by atoms with Gasteiger partial charge in [-0.25, -0.2) is 4.99 Å². The van der Waals surface area contributed by atoms with Crippen LogP contribution in [0.2, 0.25) is 0 Å². The normalized spacial score (nSPS) is 41.5. The number of nitrogens with one attached hydrogen (secondary N) is 4. The zero-order chi connectivity index (χ0) is 30.2. The van der Waals surface area contributed by atoms with Crippen LogP contribution in [0.4, 0.5) is 0 Å². The lowest BCUT2D eigenvalue weighted by molar-refractivity contribution is -0.914. The summed E-state index contributed by atoms with van der Waals surface area (Å²) >= 11 is 0. The lowest BCUT2D eigenvalue weighted by atomic mass is 9.81. The summed E-state index contributed by atoms with van der Waals surface area (Å²) in [6.07, 6.45) is 10.5. The molecule has 2 bridgehead atoms. The number of quaternary nitrogens is 1. The minimum atomic E-state index is -1.36. The number of fused-ring (bicyclic) bond motifs is 2. The van der Waals surface area contributed by atoms with E-state index in [4.69, 9.17) is 0 Å². The summed E-state index contributed by atoms with van der Waals surface area (Å²) in [6.45, 7) is 7.04. The molecule has 0 radical (unpaired) electrons. The lowest BCUT2D eigenvalue weighted by Gasteiger charge is -2.42. The third kappa shape index (κ3) is 9.71. The lowest BCUT2D eigenvalue weighted by Crippen LogP contribution is -3.16. The molecule has 10 nitrogen and oxygen atoms in total. The van der Waals surface area contributed by atoms with Crippen molar-refractivity contribution in [3.63, 3.8) is 0 Å². The quantitative estimate of drug-likeness (QED) is 0.139. The Morgan fingerprint density at radius 2 is 2.02 bits per heavy atom. The first-order chi connectivity index (χ1) is 20.1. The van der Waals surface area contributed by atoms with Crippen molar-refractivity contribution >= 4 is 12.2 Å². The third-order valence-corrected chi connectivity index (χ3v) is 10.3.